The van der Waals surface area contributed by atoms with Crippen LogP contribution in [-0.4, -0.2) is 27.0 Å². The van der Waals surface area contributed by atoms with E-state index in [2.05, 4.69) is 15.3 Å². The number of H-pyrrole nitrogens is 1. The lowest BCUT2D eigenvalue weighted by Gasteiger charge is -2.08. The lowest BCUT2D eigenvalue weighted by molar-refractivity contribution is -0.147. The lowest BCUT2D eigenvalue weighted by Crippen LogP contribution is -2.22. The fourth-order valence-electron chi connectivity index (χ4n) is 1.41. The van der Waals surface area contributed by atoms with Crippen molar-refractivity contribution in [1.82, 2.24) is 9.97 Å². The van der Waals surface area contributed by atoms with E-state index in [-0.39, 0.29) is 5.69 Å². The molecule has 0 spiro atoms. The molecule has 0 aliphatic rings. The van der Waals surface area contributed by atoms with Crippen LogP contribution in [0, 0.1) is 0 Å². The van der Waals surface area contributed by atoms with Gasteiger partial charge < -0.3 is 15.4 Å². The molecule has 0 aliphatic carbocycles. The molecule has 0 unspecified atom stereocenters. The molecule has 0 aliphatic heterocycles. The zero-order valence-corrected chi connectivity index (χ0v) is 9.73. The van der Waals surface area contributed by atoms with Crippen molar-refractivity contribution in [3.8, 4) is 11.4 Å². The maximum Gasteiger partial charge on any atom is 0.394 e. The van der Waals surface area contributed by atoms with Gasteiger partial charge in [0.15, 0.2) is 0 Å². The van der Waals surface area contributed by atoms with Crippen molar-refractivity contribution in [2.45, 2.75) is 0 Å². The van der Waals surface area contributed by atoms with E-state index in [1.807, 2.05) is 0 Å². The van der Waals surface area contributed by atoms with E-state index in [9.17, 15) is 9.59 Å². The Labute approximate surface area is 107 Å². The van der Waals surface area contributed by atoms with Gasteiger partial charge in [0.1, 0.15) is 5.82 Å². The molecule has 1 aromatic heterocycles. The minimum absolute atomic E-state index is 0.282. The van der Waals surface area contributed by atoms with Crippen LogP contribution in [0.1, 0.15) is 0 Å². The quantitative estimate of drug-likeness (QED) is 0.721. The topological polar surface area (TPSA) is 95.1 Å². The fourth-order valence-corrected chi connectivity index (χ4v) is 1.59. The third-order valence-electron chi connectivity index (χ3n) is 2.18. The Morgan fingerprint density at radius 3 is 2.78 bits per heavy atom. The zero-order valence-electron chi connectivity index (χ0n) is 8.98. The molecule has 18 heavy (non-hydrogen) atoms. The van der Waals surface area contributed by atoms with E-state index in [1.165, 1.54) is 6.07 Å². The second-order valence-electron chi connectivity index (χ2n) is 3.39. The Morgan fingerprint density at radius 2 is 2.17 bits per heavy atom. The highest BCUT2D eigenvalue weighted by atomic mass is 35.5. The molecule has 1 heterocycles. The van der Waals surface area contributed by atoms with Crippen molar-refractivity contribution < 1.29 is 14.7 Å². The van der Waals surface area contributed by atoms with Crippen LogP contribution in [0.5, 0.6) is 0 Å². The normalized spacial score (nSPS) is 10.1. The summed E-state index contributed by atoms with van der Waals surface area (Å²) in [6.07, 6.45) is 3.17. The number of aliphatic carboxylic acids is 1. The van der Waals surface area contributed by atoms with Gasteiger partial charge >= 0.3 is 11.9 Å². The number of carbonyl (C=O) groups is 2. The Morgan fingerprint density at radius 1 is 1.39 bits per heavy atom. The number of hydrogen-bond donors (Lipinski definition) is 3. The number of carbonyl (C=O) groups excluding carboxylic acids is 1. The summed E-state index contributed by atoms with van der Waals surface area (Å²) in [4.78, 5) is 28.6. The van der Waals surface area contributed by atoms with Crippen molar-refractivity contribution in [3.63, 3.8) is 0 Å². The highest BCUT2D eigenvalue weighted by Gasteiger charge is 2.15. The number of rotatable bonds is 2. The first-order valence-electron chi connectivity index (χ1n) is 4.91. The maximum atomic E-state index is 11.2. The third-order valence-corrected chi connectivity index (χ3v) is 2.41. The molecule has 3 N–H and O–H groups in total. The summed E-state index contributed by atoms with van der Waals surface area (Å²) in [6, 6.07) is 4.72. The van der Waals surface area contributed by atoms with E-state index in [0.29, 0.717) is 16.4 Å². The monoisotopic (exact) mass is 265 g/mol. The number of aromatic nitrogens is 2. The number of amides is 1. The van der Waals surface area contributed by atoms with Gasteiger partial charge in [-0.05, 0) is 18.2 Å². The molecule has 0 radical (unpaired) electrons. The number of nitrogens with one attached hydrogen (secondary N) is 2. The molecule has 0 saturated heterocycles. The largest absolute Gasteiger partial charge is 0.474 e. The number of imidazole rings is 1. The Balaban J connectivity index is 2.42. The SMILES string of the molecule is O=C(O)C(=O)Nc1cc(Cl)ccc1-c1ncc[nH]1. The van der Waals surface area contributed by atoms with Crippen LogP contribution in [0.25, 0.3) is 11.4 Å². The Hall–Kier alpha value is -2.34. The number of carboxylic acids is 1. The number of aromatic amines is 1. The molecule has 0 atom stereocenters. The molecule has 0 fully saturated rings. The average Bonchev–Trinajstić information content (AvgIpc) is 2.82. The van der Waals surface area contributed by atoms with E-state index >= 15 is 0 Å². The summed E-state index contributed by atoms with van der Waals surface area (Å²) >= 11 is 5.81. The standard InChI is InChI=1S/C11H8ClN3O3/c12-6-1-2-7(9-13-3-4-14-9)8(5-6)15-10(16)11(17)18/h1-5H,(H,13,14)(H,15,16)(H,17,18). The second kappa shape index (κ2) is 4.89. The highest BCUT2D eigenvalue weighted by Crippen LogP contribution is 2.28. The maximum absolute atomic E-state index is 11.2. The molecule has 92 valence electrons. The number of carboxylic acid groups (broad SMARTS) is 1. The summed E-state index contributed by atoms with van der Waals surface area (Å²) in [7, 11) is 0. The smallest absolute Gasteiger partial charge is 0.394 e. The Bertz CT molecular complexity index is 596. The molecule has 0 saturated carbocycles. The minimum atomic E-state index is -1.57. The lowest BCUT2D eigenvalue weighted by atomic mass is 10.1. The molecule has 0 bridgehead atoms. The van der Waals surface area contributed by atoms with E-state index in [0.717, 1.165) is 0 Å². The number of anilines is 1. The van der Waals surface area contributed by atoms with Crippen LogP contribution in [0.3, 0.4) is 0 Å². The summed E-state index contributed by atoms with van der Waals surface area (Å²) in [5.74, 6) is -2.20. The molecular weight excluding hydrogens is 258 g/mol. The average molecular weight is 266 g/mol. The van der Waals surface area contributed by atoms with Crippen LogP contribution in [-0.2, 0) is 9.59 Å². The minimum Gasteiger partial charge on any atom is -0.474 e. The molecule has 2 rings (SSSR count). The highest BCUT2D eigenvalue weighted by molar-refractivity contribution is 6.37. The van der Waals surface area contributed by atoms with Crippen molar-refractivity contribution in [3.05, 3.63) is 35.6 Å². The molecule has 6 nitrogen and oxygen atoms in total. The van der Waals surface area contributed by atoms with Crippen LogP contribution < -0.4 is 5.32 Å². The van der Waals surface area contributed by atoms with Gasteiger partial charge in [0.05, 0.1) is 5.69 Å². The number of nitrogens with zero attached hydrogens (tertiary/aromatic N) is 1. The first-order valence-corrected chi connectivity index (χ1v) is 5.29. The number of halogens is 1. The molecule has 1 amide bonds. The van der Waals surface area contributed by atoms with Gasteiger partial charge in [0.25, 0.3) is 0 Å². The zero-order chi connectivity index (χ0) is 13.1. The van der Waals surface area contributed by atoms with Crippen molar-refractivity contribution >= 4 is 29.2 Å². The van der Waals surface area contributed by atoms with Gasteiger partial charge in [-0.3, -0.25) is 4.79 Å². The number of hydrogen-bond acceptors (Lipinski definition) is 3. The van der Waals surface area contributed by atoms with E-state index in [4.69, 9.17) is 16.7 Å². The number of benzene rings is 1. The van der Waals surface area contributed by atoms with Crippen LogP contribution in [0.2, 0.25) is 5.02 Å². The Kier molecular flexibility index (Phi) is 3.29. The van der Waals surface area contributed by atoms with Crippen LogP contribution >= 0.6 is 11.6 Å². The first kappa shape index (κ1) is 12.1. The molecule has 2 aromatic rings. The summed E-state index contributed by atoms with van der Waals surface area (Å²) in [5.41, 5.74) is 0.837. The van der Waals surface area contributed by atoms with Crippen molar-refractivity contribution in [1.29, 1.82) is 0 Å². The van der Waals surface area contributed by atoms with E-state index in [1.54, 1.807) is 24.5 Å². The predicted molar refractivity (Wildman–Crippen MR) is 65.3 cm³/mol. The van der Waals surface area contributed by atoms with Crippen molar-refractivity contribution in [2.24, 2.45) is 0 Å². The van der Waals surface area contributed by atoms with Crippen LogP contribution in [0.4, 0.5) is 5.69 Å². The van der Waals surface area contributed by atoms with Gasteiger partial charge in [-0.1, -0.05) is 11.6 Å². The fraction of sp³-hybridized carbons (Fsp3) is 0. The summed E-state index contributed by atoms with van der Waals surface area (Å²) in [5, 5.41) is 11.2. The van der Waals surface area contributed by atoms with Gasteiger partial charge in [-0.2, -0.15) is 0 Å². The molecule has 1 aromatic carbocycles. The van der Waals surface area contributed by atoms with Gasteiger partial charge in [-0.15, -0.1) is 0 Å². The van der Waals surface area contributed by atoms with Crippen molar-refractivity contribution in [2.75, 3.05) is 5.32 Å². The first-order chi connectivity index (χ1) is 8.58. The summed E-state index contributed by atoms with van der Waals surface area (Å²) < 4.78 is 0. The van der Waals surface area contributed by atoms with Crippen LogP contribution in [0.15, 0.2) is 30.6 Å². The van der Waals surface area contributed by atoms with Gasteiger partial charge in [-0.25, -0.2) is 9.78 Å². The predicted octanol–water partition coefficient (Wildman–Crippen LogP) is 1.75. The second-order valence-corrected chi connectivity index (χ2v) is 3.82. The third kappa shape index (κ3) is 2.49. The van der Waals surface area contributed by atoms with E-state index < -0.39 is 11.9 Å². The summed E-state index contributed by atoms with van der Waals surface area (Å²) in [6.45, 7) is 0. The molecular formula is C11H8ClN3O3. The van der Waals surface area contributed by atoms with Gasteiger partial charge in [0, 0.05) is 23.0 Å². The molecule has 7 heteroatoms. The van der Waals surface area contributed by atoms with Gasteiger partial charge in [0.2, 0.25) is 0 Å².